The first-order valence-electron chi connectivity index (χ1n) is 8.61. The van der Waals surface area contributed by atoms with E-state index in [1.807, 2.05) is 0 Å². The van der Waals surface area contributed by atoms with Crippen LogP contribution in [-0.4, -0.2) is 47.4 Å². The summed E-state index contributed by atoms with van der Waals surface area (Å²) < 4.78 is 13.2. The molecule has 2 heterocycles. The Balaban J connectivity index is 1.55. The Kier molecular flexibility index (Phi) is 5.95. The van der Waals surface area contributed by atoms with Crippen molar-refractivity contribution in [3.05, 3.63) is 46.7 Å². The summed E-state index contributed by atoms with van der Waals surface area (Å²) in [5, 5.41) is 7.41. The van der Waals surface area contributed by atoms with Gasteiger partial charge in [-0.3, -0.25) is 19.8 Å². The molecule has 2 aromatic rings. The molecule has 8 heteroatoms. The summed E-state index contributed by atoms with van der Waals surface area (Å²) in [5.41, 5.74) is 0.470. The normalized spacial score (nSPS) is 17.2. The van der Waals surface area contributed by atoms with E-state index in [9.17, 15) is 14.0 Å². The van der Waals surface area contributed by atoms with E-state index in [0.717, 1.165) is 43.3 Å². The zero-order chi connectivity index (χ0) is 18.5. The van der Waals surface area contributed by atoms with Crippen LogP contribution < -0.4 is 10.6 Å². The maximum Gasteiger partial charge on any atom is 0.270 e. The van der Waals surface area contributed by atoms with Crippen molar-refractivity contribution in [3.8, 4) is 0 Å². The van der Waals surface area contributed by atoms with Gasteiger partial charge in [0.2, 0.25) is 0 Å². The Bertz CT molecular complexity index is 795. The molecule has 1 aromatic heterocycles. The van der Waals surface area contributed by atoms with Crippen LogP contribution in [0.1, 0.15) is 40.6 Å². The Morgan fingerprint density at radius 2 is 2.23 bits per heavy atom. The lowest BCUT2D eigenvalue weighted by Gasteiger charge is -2.22. The molecule has 138 valence electrons. The maximum atomic E-state index is 13.2. The molecule has 2 N–H and O–H groups in total. The van der Waals surface area contributed by atoms with Gasteiger partial charge in [-0.05, 0) is 44.1 Å². The Morgan fingerprint density at radius 3 is 3.00 bits per heavy atom. The Labute approximate surface area is 155 Å². The highest BCUT2D eigenvalue weighted by Gasteiger charge is 2.23. The second-order valence-electron chi connectivity index (χ2n) is 6.14. The van der Waals surface area contributed by atoms with Gasteiger partial charge in [0.05, 0.1) is 0 Å². The minimum absolute atomic E-state index is 0.201. The quantitative estimate of drug-likeness (QED) is 0.813. The minimum Gasteiger partial charge on any atom is -0.349 e. The largest absolute Gasteiger partial charge is 0.349 e. The number of nitrogens with one attached hydrogen (secondary N) is 2. The number of likely N-dealkylation sites (tertiary alicyclic amines) is 1. The molecular weight excluding hydrogens is 355 g/mol. The van der Waals surface area contributed by atoms with Crippen LogP contribution in [0.2, 0.25) is 0 Å². The van der Waals surface area contributed by atoms with Crippen LogP contribution in [-0.2, 0) is 0 Å². The number of thiazole rings is 1. The van der Waals surface area contributed by atoms with E-state index >= 15 is 0 Å². The summed E-state index contributed by atoms with van der Waals surface area (Å²) in [6.07, 6.45) is 2.24. The Morgan fingerprint density at radius 1 is 1.38 bits per heavy atom. The summed E-state index contributed by atoms with van der Waals surface area (Å²) in [7, 11) is 0. The highest BCUT2D eigenvalue weighted by molar-refractivity contribution is 7.14. The van der Waals surface area contributed by atoms with E-state index < -0.39 is 11.7 Å². The van der Waals surface area contributed by atoms with Gasteiger partial charge in [-0.1, -0.05) is 13.0 Å². The molecule has 0 spiro atoms. The van der Waals surface area contributed by atoms with Crippen molar-refractivity contribution >= 4 is 28.3 Å². The monoisotopic (exact) mass is 376 g/mol. The number of anilines is 1. The van der Waals surface area contributed by atoms with E-state index in [1.54, 1.807) is 5.38 Å². The smallest absolute Gasteiger partial charge is 0.270 e. The number of aromatic nitrogens is 1. The predicted octanol–water partition coefficient (Wildman–Crippen LogP) is 2.75. The zero-order valence-electron chi connectivity index (χ0n) is 14.5. The van der Waals surface area contributed by atoms with Gasteiger partial charge in [-0.25, -0.2) is 9.37 Å². The number of carbonyl (C=O) groups is 2. The van der Waals surface area contributed by atoms with Crippen LogP contribution in [0.4, 0.5) is 9.52 Å². The van der Waals surface area contributed by atoms with E-state index in [1.165, 1.54) is 18.2 Å². The van der Waals surface area contributed by atoms with Crippen molar-refractivity contribution in [1.29, 1.82) is 0 Å². The number of rotatable bonds is 6. The van der Waals surface area contributed by atoms with Gasteiger partial charge in [0, 0.05) is 23.5 Å². The van der Waals surface area contributed by atoms with E-state index in [-0.39, 0.29) is 17.2 Å². The number of hydrogen-bond donors (Lipinski definition) is 2. The van der Waals surface area contributed by atoms with Crippen LogP contribution in [0.5, 0.6) is 0 Å². The molecule has 26 heavy (non-hydrogen) atoms. The highest BCUT2D eigenvalue weighted by atomic mass is 32.1. The van der Waals surface area contributed by atoms with Gasteiger partial charge < -0.3 is 5.32 Å². The van der Waals surface area contributed by atoms with Crippen LogP contribution in [0.3, 0.4) is 0 Å². The highest BCUT2D eigenvalue weighted by Crippen LogP contribution is 2.18. The third kappa shape index (κ3) is 4.44. The average Bonchev–Trinajstić information content (AvgIpc) is 3.28. The molecule has 1 fully saturated rings. The van der Waals surface area contributed by atoms with Crippen molar-refractivity contribution in [1.82, 2.24) is 15.2 Å². The fourth-order valence-electron chi connectivity index (χ4n) is 3.08. The summed E-state index contributed by atoms with van der Waals surface area (Å²) >= 11 is 1.16. The van der Waals surface area contributed by atoms with Crippen molar-refractivity contribution < 1.29 is 14.0 Å². The minimum atomic E-state index is -0.482. The SMILES string of the molecule is CCN1CCCC1CNC(=O)c1csc(NC(=O)c2cccc(F)c2)n1. The lowest BCUT2D eigenvalue weighted by Crippen LogP contribution is -2.40. The standard InChI is InChI=1S/C18H21FN4O2S/c1-2-23-8-4-7-14(23)10-20-17(25)15-11-26-18(21-15)22-16(24)12-5-3-6-13(19)9-12/h3,5-6,9,11,14H,2,4,7-8,10H2,1H3,(H,20,25)(H,21,22,24). The summed E-state index contributed by atoms with van der Waals surface area (Å²) in [5.74, 6) is -1.20. The first-order chi connectivity index (χ1) is 12.6. The summed E-state index contributed by atoms with van der Waals surface area (Å²) in [6.45, 7) is 4.76. The van der Waals surface area contributed by atoms with Crippen molar-refractivity contribution in [2.75, 3.05) is 25.0 Å². The number of benzene rings is 1. The molecule has 1 unspecified atom stereocenters. The molecule has 3 rings (SSSR count). The van der Waals surface area contributed by atoms with Crippen LogP contribution in [0.15, 0.2) is 29.6 Å². The molecule has 1 saturated heterocycles. The fraction of sp³-hybridized carbons (Fsp3) is 0.389. The van der Waals surface area contributed by atoms with Gasteiger partial charge in [0.25, 0.3) is 11.8 Å². The third-order valence-electron chi connectivity index (χ3n) is 4.45. The molecule has 1 aliphatic rings. The number of hydrogen-bond acceptors (Lipinski definition) is 5. The first kappa shape index (κ1) is 18.5. The van der Waals surface area contributed by atoms with Crippen LogP contribution >= 0.6 is 11.3 Å². The van der Waals surface area contributed by atoms with E-state index in [4.69, 9.17) is 0 Å². The maximum absolute atomic E-state index is 13.2. The second kappa shape index (κ2) is 8.37. The number of amides is 2. The fourth-order valence-corrected chi connectivity index (χ4v) is 3.76. The summed E-state index contributed by atoms with van der Waals surface area (Å²) in [6, 6.07) is 5.77. The van der Waals surface area contributed by atoms with Gasteiger partial charge in [-0.2, -0.15) is 0 Å². The molecule has 1 aromatic carbocycles. The molecule has 2 amide bonds. The molecule has 6 nitrogen and oxygen atoms in total. The van der Waals surface area contributed by atoms with Gasteiger partial charge in [0.1, 0.15) is 11.5 Å². The van der Waals surface area contributed by atoms with Gasteiger partial charge in [0.15, 0.2) is 5.13 Å². The molecule has 0 saturated carbocycles. The number of nitrogens with zero attached hydrogens (tertiary/aromatic N) is 2. The molecule has 1 atom stereocenters. The topological polar surface area (TPSA) is 74.3 Å². The lowest BCUT2D eigenvalue weighted by molar-refractivity contribution is 0.0936. The van der Waals surface area contributed by atoms with Crippen LogP contribution in [0, 0.1) is 5.82 Å². The Hall–Kier alpha value is -2.32. The predicted molar refractivity (Wildman–Crippen MR) is 99.1 cm³/mol. The molecule has 0 bridgehead atoms. The average molecular weight is 376 g/mol. The summed E-state index contributed by atoms with van der Waals surface area (Å²) in [4.78, 5) is 30.9. The van der Waals surface area contributed by atoms with Gasteiger partial charge in [-0.15, -0.1) is 11.3 Å². The zero-order valence-corrected chi connectivity index (χ0v) is 15.3. The second-order valence-corrected chi connectivity index (χ2v) is 7.00. The van der Waals surface area contributed by atoms with Crippen molar-refractivity contribution in [2.45, 2.75) is 25.8 Å². The van der Waals surface area contributed by atoms with Crippen molar-refractivity contribution in [3.63, 3.8) is 0 Å². The molecule has 1 aliphatic heterocycles. The lowest BCUT2D eigenvalue weighted by atomic mass is 10.2. The van der Waals surface area contributed by atoms with Gasteiger partial charge >= 0.3 is 0 Å². The third-order valence-corrected chi connectivity index (χ3v) is 5.21. The molecule has 0 aliphatic carbocycles. The molecular formula is C18H21FN4O2S. The van der Waals surface area contributed by atoms with Crippen molar-refractivity contribution in [2.24, 2.45) is 0 Å². The van der Waals surface area contributed by atoms with E-state index in [0.29, 0.717) is 17.7 Å². The van der Waals surface area contributed by atoms with E-state index in [2.05, 4.69) is 27.4 Å². The number of likely N-dealkylation sites (N-methyl/N-ethyl adjacent to an activating group) is 1. The first-order valence-corrected chi connectivity index (χ1v) is 9.49. The molecule has 0 radical (unpaired) electrons. The van der Waals surface area contributed by atoms with Crippen LogP contribution in [0.25, 0.3) is 0 Å². The number of carbonyl (C=O) groups excluding carboxylic acids is 2. The number of halogens is 1.